The van der Waals surface area contributed by atoms with Gasteiger partial charge in [-0.05, 0) is 42.5 Å². The van der Waals surface area contributed by atoms with E-state index in [1.54, 1.807) is 10.9 Å². The maximum atomic E-state index is 5.84. The molecule has 0 aliphatic heterocycles. The number of aromatic nitrogens is 5. The fourth-order valence-electron chi connectivity index (χ4n) is 3.96. The van der Waals surface area contributed by atoms with Crippen molar-refractivity contribution in [2.75, 3.05) is 5.73 Å². The van der Waals surface area contributed by atoms with Gasteiger partial charge in [0.05, 0.1) is 17.2 Å². The predicted octanol–water partition coefficient (Wildman–Crippen LogP) is 3.89. The van der Waals surface area contributed by atoms with Crippen LogP contribution in [0.1, 0.15) is 36.2 Å². The Bertz CT molecular complexity index is 1170. The van der Waals surface area contributed by atoms with Gasteiger partial charge in [0.25, 0.3) is 5.89 Å². The Morgan fingerprint density at radius 1 is 1.07 bits per heavy atom. The molecule has 1 aliphatic rings. The minimum absolute atomic E-state index is 0.183. The van der Waals surface area contributed by atoms with Crippen LogP contribution in [0.2, 0.25) is 0 Å². The standard InChI is InChI=1S/C22H22N6O/c1-14-10-16(11-24-19(14)23)15-4-6-18(7-5-15)22(8-3-9-22)21-26-20(29-27-21)17-12-25-28(2)13-17/h4-7,10-13H,3,8-9H2,1-2H3,(H2,23,24). The van der Waals surface area contributed by atoms with Crippen LogP contribution in [-0.2, 0) is 12.5 Å². The Kier molecular flexibility index (Phi) is 3.97. The van der Waals surface area contributed by atoms with E-state index in [0.29, 0.717) is 11.7 Å². The maximum absolute atomic E-state index is 5.84. The van der Waals surface area contributed by atoms with Crippen LogP contribution in [0.25, 0.3) is 22.6 Å². The van der Waals surface area contributed by atoms with Crippen LogP contribution in [0.4, 0.5) is 5.82 Å². The third-order valence-electron chi connectivity index (χ3n) is 5.90. The van der Waals surface area contributed by atoms with Crippen LogP contribution in [0.3, 0.4) is 0 Å². The average Bonchev–Trinajstić information content (AvgIpc) is 3.33. The molecule has 7 heteroatoms. The Balaban J connectivity index is 1.47. The zero-order valence-electron chi connectivity index (χ0n) is 16.5. The smallest absolute Gasteiger partial charge is 0.261 e. The normalized spacial score (nSPS) is 15.2. The van der Waals surface area contributed by atoms with Crippen LogP contribution in [0.15, 0.2) is 53.4 Å². The Morgan fingerprint density at radius 3 is 2.48 bits per heavy atom. The summed E-state index contributed by atoms with van der Waals surface area (Å²) in [5, 5.41) is 8.51. The van der Waals surface area contributed by atoms with Gasteiger partial charge in [0.2, 0.25) is 0 Å². The van der Waals surface area contributed by atoms with Crippen LogP contribution in [-0.4, -0.2) is 24.9 Å². The van der Waals surface area contributed by atoms with Crippen LogP contribution in [0, 0.1) is 6.92 Å². The summed E-state index contributed by atoms with van der Waals surface area (Å²) in [6, 6.07) is 10.7. The number of benzene rings is 1. The van der Waals surface area contributed by atoms with Crippen LogP contribution >= 0.6 is 0 Å². The summed E-state index contributed by atoms with van der Waals surface area (Å²) in [5.41, 5.74) is 10.9. The van der Waals surface area contributed by atoms with Crippen molar-refractivity contribution >= 4 is 5.82 Å². The first kappa shape index (κ1) is 17.6. The molecule has 0 spiro atoms. The van der Waals surface area contributed by atoms with Crippen LogP contribution in [0.5, 0.6) is 0 Å². The van der Waals surface area contributed by atoms with E-state index in [2.05, 4.69) is 45.6 Å². The quantitative estimate of drug-likeness (QED) is 0.572. The SMILES string of the molecule is Cc1cc(-c2ccc(C3(c4noc(-c5cnn(C)c5)n4)CCC3)cc2)cnc1N. The summed E-state index contributed by atoms with van der Waals surface area (Å²) in [6.07, 6.45) is 8.61. The van der Waals surface area contributed by atoms with Crippen molar-refractivity contribution in [1.29, 1.82) is 0 Å². The highest BCUT2D eigenvalue weighted by atomic mass is 16.5. The highest BCUT2D eigenvalue weighted by Crippen LogP contribution is 2.48. The molecule has 5 rings (SSSR count). The van der Waals surface area contributed by atoms with Crippen molar-refractivity contribution in [2.24, 2.45) is 7.05 Å². The van der Waals surface area contributed by atoms with E-state index in [9.17, 15) is 0 Å². The van der Waals surface area contributed by atoms with E-state index < -0.39 is 0 Å². The van der Waals surface area contributed by atoms with E-state index in [-0.39, 0.29) is 5.41 Å². The summed E-state index contributed by atoms with van der Waals surface area (Å²) in [7, 11) is 1.87. The van der Waals surface area contributed by atoms with E-state index >= 15 is 0 Å². The second-order valence-corrected chi connectivity index (χ2v) is 7.76. The number of rotatable bonds is 4. The monoisotopic (exact) mass is 386 g/mol. The molecule has 7 nitrogen and oxygen atoms in total. The van der Waals surface area contributed by atoms with Gasteiger partial charge in [0, 0.05) is 25.0 Å². The van der Waals surface area contributed by atoms with Crippen molar-refractivity contribution in [3.63, 3.8) is 0 Å². The van der Waals surface area contributed by atoms with Gasteiger partial charge in [0.15, 0.2) is 5.82 Å². The van der Waals surface area contributed by atoms with Gasteiger partial charge in [-0.1, -0.05) is 35.8 Å². The summed E-state index contributed by atoms with van der Waals surface area (Å²) in [4.78, 5) is 8.98. The number of nitrogen functional groups attached to an aromatic ring is 1. The zero-order chi connectivity index (χ0) is 20.0. The second kappa shape index (κ2) is 6.55. The van der Waals surface area contributed by atoms with Gasteiger partial charge in [0.1, 0.15) is 5.82 Å². The molecule has 146 valence electrons. The number of hydrogen-bond acceptors (Lipinski definition) is 6. The van der Waals surface area contributed by atoms with Crippen molar-refractivity contribution in [3.8, 4) is 22.6 Å². The van der Waals surface area contributed by atoms with Gasteiger partial charge in [-0.25, -0.2) is 4.98 Å². The number of pyridine rings is 1. The predicted molar refractivity (Wildman–Crippen MR) is 110 cm³/mol. The molecule has 0 atom stereocenters. The van der Waals surface area contributed by atoms with E-state index in [0.717, 1.165) is 47.3 Å². The molecule has 1 fully saturated rings. The molecule has 1 aromatic carbocycles. The molecular weight excluding hydrogens is 364 g/mol. The molecule has 0 amide bonds. The highest BCUT2D eigenvalue weighted by molar-refractivity contribution is 5.66. The first-order valence-corrected chi connectivity index (χ1v) is 9.71. The largest absolute Gasteiger partial charge is 0.383 e. The molecule has 1 aliphatic carbocycles. The van der Waals surface area contributed by atoms with Crippen molar-refractivity contribution in [1.82, 2.24) is 24.9 Å². The molecule has 4 aromatic rings. The first-order chi connectivity index (χ1) is 14.0. The van der Waals surface area contributed by atoms with E-state index in [1.165, 1.54) is 5.56 Å². The van der Waals surface area contributed by atoms with Gasteiger partial charge in [-0.3, -0.25) is 4.68 Å². The van der Waals surface area contributed by atoms with Crippen molar-refractivity contribution in [3.05, 3.63) is 65.9 Å². The molecule has 29 heavy (non-hydrogen) atoms. The fraction of sp³-hybridized carbons (Fsp3) is 0.273. The lowest BCUT2D eigenvalue weighted by molar-refractivity contribution is 0.273. The van der Waals surface area contributed by atoms with Crippen LogP contribution < -0.4 is 5.73 Å². The molecule has 2 N–H and O–H groups in total. The topological polar surface area (TPSA) is 95.6 Å². The summed E-state index contributed by atoms with van der Waals surface area (Å²) in [5.74, 6) is 1.83. The highest BCUT2D eigenvalue weighted by Gasteiger charge is 2.44. The van der Waals surface area contributed by atoms with Gasteiger partial charge in [-0.15, -0.1) is 0 Å². The number of nitrogens with two attached hydrogens (primary N) is 1. The third kappa shape index (κ3) is 2.90. The zero-order valence-corrected chi connectivity index (χ0v) is 16.5. The molecule has 3 heterocycles. The lowest BCUT2D eigenvalue weighted by atomic mass is 9.64. The molecule has 3 aromatic heterocycles. The van der Waals surface area contributed by atoms with E-state index in [4.69, 9.17) is 15.2 Å². The van der Waals surface area contributed by atoms with Gasteiger partial charge >= 0.3 is 0 Å². The molecule has 0 unspecified atom stereocenters. The second-order valence-electron chi connectivity index (χ2n) is 7.76. The summed E-state index contributed by atoms with van der Waals surface area (Å²) in [6.45, 7) is 1.97. The lowest BCUT2D eigenvalue weighted by Gasteiger charge is -2.39. The minimum atomic E-state index is -0.183. The summed E-state index contributed by atoms with van der Waals surface area (Å²) >= 11 is 0. The number of anilines is 1. The molecular formula is C22H22N6O. The Hall–Kier alpha value is -3.48. The third-order valence-corrected chi connectivity index (χ3v) is 5.90. The maximum Gasteiger partial charge on any atom is 0.261 e. The number of nitrogens with zero attached hydrogens (tertiary/aromatic N) is 5. The first-order valence-electron chi connectivity index (χ1n) is 9.71. The summed E-state index contributed by atoms with van der Waals surface area (Å²) < 4.78 is 7.28. The molecule has 1 saturated carbocycles. The number of aryl methyl sites for hydroxylation is 2. The van der Waals surface area contributed by atoms with Crippen molar-refractivity contribution in [2.45, 2.75) is 31.6 Å². The Morgan fingerprint density at radius 2 is 1.86 bits per heavy atom. The Labute approximate surface area is 168 Å². The molecule has 0 bridgehead atoms. The van der Waals surface area contributed by atoms with Gasteiger partial charge in [-0.2, -0.15) is 10.1 Å². The van der Waals surface area contributed by atoms with Gasteiger partial charge < -0.3 is 10.3 Å². The average molecular weight is 386 g/mol. The van der Waals surface area contributed by atoms with E-state index in [1.807, 2.05) is 26.4 Å². The fourth-order valence-corrected chi connectivity index (χ4v) is 3.96. The molecule has 0 saturated heterocycles. The molecule has 0 radical (unpaired) electrons. The lowest BCUT2D eigenvalue weighted by Crippen LogP contribution is -2.36. The van der Waals surface area contributed by atoms with Crippen molar-refractivity contribution < 1.29 is 4.52 Å². The minimum Gasteiger partial charge on any atom is -0.383 e. The number of hydrogen-bond donors (Lipinski definition) is 1.